The molecule has 0 saturated carbocycles. The highest BCUT2D eigenvalue weighted by Crippen LogP contribution is 2.23. The first-order chi connectivity index (χ1) is 10.5. The van der Waals surface area contributed by atoms with E-state index in [9.17, 15) is 4.79 Å². The predicted molar refractivity (Wildman–Crippen MR) is 82.0 cm³/mol. The van der Waals surface area contributed by atoms with Crippen molar-refractivity contribution in [3.05, 3.63) is 29.8 Å². The van der Waals surface area contributed by atoms with Crippen LogP contribution in [0.25, 0.3) is 0 Å². The van der Waals surface area contributed by atoms with Gasteiger partial charge in [0.25, 0.3) is 0 Å². The summed E-state index contributed by atoms with van der Waals surface area (Å²) < 4.78 is 22.0. The van der Waals surface area contributed by atoms with Gasteiger partial charge >= 0.3 is 5.97 Å². The average molecular weight is 308 g/mol. The number of hydrogen-bond acceptors (Lipinski definition) is 5. The number of hydrogen-bond donors (Lipinski definition) is 0. The van der Waals surface area contributed by atoms with E-state index in [0.717, 1.165) is 12.8 Å². The van der Waals surface area contributed by atoms with Crippen LogP contribution in [0.2, 0.25) is 0 Å². The molecule has 1 fully saturated rings. The van der Waals surface area contributed by atoms with Gasteiger partial charge in [-0.25, -0.2) is 4.79 Å². The van der Waals surface area contributed by atoms with Crippen LogP contribution >= 0.6 is 0 Å². The first-order valence-corrected chi connectivity index (χ1v) is 7.72. The summed E-state index contributed by atoms with van der Waals surface area (Å²) in [5, 5.41) is 0. The lowest BCUT2D eigenvalue weighted by atomic mass is 10.2. The molecule has 0 spiro atoms. The van der Waals surface area contributed by atoms with Gasteiger partial charge in [-0.3, -0.25) is 0 Å². The van der Waals surface area contributed by atoms with Crippen LogP contribution in [0.15, 0.2) is 24.3 Å². The van der Waals surface area contributed by atoms with Gasteiger partial charge in [-0.05, 0) is 44.5 Å². The number of benzene rings is 1. The smallest absolute Gasteiger partial charge is 0.338 e. The summed E-state index contributed by atoms with van der Waals surface area (Å²) in [5.41, 5.74) is 0.532. The van der Waals surface area contributed by atoms with Crippen LogP contribution in [0.4, 0.5) is 0 Å². The predicted octanol–water partition coefficient (Wildman–Crippen LogP) is 3.17. The Morgan fingerprint density at radius 1 is 1.32 bits per heavy atom. The molecule has 22 heavy (non-hydrogen) atoms. The van der Waals surface area contributed by atoms with Gasteiger partial charge in [-0.15, -0.1) is 0 Å². The topological polar surface area (TPSA) is 54.0 Å². The summed E-state index contributed by atoms with van der Waals surface area (Å²) in [5.74, 6) is -0.146. The first kappa shape index (κ1) is 16.8. The molecular formula is C17H24O5. The van der Waals surface area contributed by atoms with Crippen molar-refractivity contribution in [3.8, 4) is 5.75 Å². The summed E-state index contributed by atoms with van der Waals surface area (Å²) in [6.07, 6.45) is 1.81. The molecule has 1 atom stereocenters. The molecule has 1 saturated heterocycles. The Morgan fingerprint density at radius 2 is 2.05 bits per heavy atom. The summed E-state index contributed by atoms with van der Waals surface area (Å²) in [4.78, 5) is 11.8. The molecule has 0 radical (unpaired) electrons. The molecule has 1 aromatic rings. The number of esters is 1. The van der Waals surface area contributed by atoms with Gasteiger partial charge in [-0.2, -0.15) is 0 Å². The normalized spacial score (nSPS) is 19.9. The van der Waals surface area contributed by atoms with Crippen molar-refractivity contribution < 1.29 is 23.7 Å². The van der Waals surface area contributed by atoms with E-state index in [1.54, 1.807) is 24.3 Å². The maximum absolute atomic E-state index is 11.8. The van der Waals surface area contributed by atoms with Gasteiger partial charge < -0.3 is 18.9 Å². The molecule has 1 heterocycles. The number of carbonyl (C=O) groups is 1. The van der Waals surface area contributed by atoms with E-state index in [4.69, 9.17) is 18.9 Å². The van der Waals surface area contributed by atoms with Crippen molar-refractivity contribution in [1.29, 1.82) is 0 Å². The molecule has 0 amide bonds. The second-order valence-corrected chi connectivity index (χ2v) is 5.78. The zero-order valence-electron chi connectivity index (χ0n) is 13.5. The van der Waals surface area contributed by atoms with Crippen LogP contribution in [0, 0.1) is 0 Å². The highest BCUT2D eigenvalue weighted by molar-refractivity contribution is 5.89. The number of unbranched alkanes of at least 4 members (excludes halogenated alkanes) is 1. The molecule has 1 aliphatic rings. The van der Waals surface area contributed by atoms with E-state index in [1.165, 1.54) is 0 Å². The van der Waals surface area contributed by atoms with Gasteiger partial charge in [0.2, 0.25) is 0 Å². The summed E-state index contributed by atoms with van der Waals surface area (Å²) >= 11 is 0. The molecule has 0 aromatic heterocycles. The Morgan fingerprint density at radius 3 is 2.64 bits per heavy atom. The largest absolute Gasteiger partial charge is 0.491 e. The summed E-state index contributed by atoms with van der Waals surface area (Å²) in [6, 6.07) is 6.94. The zero-order valence-corrected chi connectivity index (χ0v) is 13.5. The third-order valence-corrected chi connectivity index (χ3v) is 3.32. The first-order valence-electron chi connectivity index (χ1n) is 7.72. The average Bonchev–Trinajstić information content (AvgIpc) is 2.85. The Hall–Kier alpha value is -1.59. The number of carbonyl (C=O) groups excluding carboxylic acids is 1. The Bertz CT molecular complexity index is 480. The van der Waals surface area contributed by atoms with E-state index < -0.39 is 5.79 Å². The van der Waals surface area contributed by atoms with E-state index >= 15 is 0 Å². The Labute approximate surface area is 131 Å². The highest BCUT2D eigenvalue weighted by atomic mass is 16.7. The lowest BCUT2D eigenvalue weighted by Gasteiger charge is -2.17. The second kappa shape index (κ2) is 7.61. The van der Waals surface area contributed by atoms with Crippen molar-refractivity contribution in [2.24, 2.45) is 0 Å². The highest BCUT2D eigenvalue weighted by Gasteiger charge is 2.32. The minimum Gasteiger partial charge on any atom is -0.491 e. The van der Waals surface area contributed by atoms with Gasteiger partial charge in [0.05, 0.1) is 18.8 Å². The molecule has 5 heteroatoms. The maximum Gasteiger partial charge on any atom is 0.338 e. The lowest BCUT2D eigenvalue weighted by molar-refractivity contribution is -0.141. The second-order valence-electron chi connectivity index (χ2n) is 5.78. The van der Waals surface area contributed by atoms with Gasteiger partial charge in [-0.1, -0.05) is 13.3 Å². The van der Waals surface area contributed by atoms with Gasteiger partial charge in [0.15, 0.2) is 5.79 Å². The molecular weight excluding hydrogens is 284 g/mol. The van der Waals surface area contributed by atoms with Crippen molar-refractivity contribution in [2.45, 2.75) is 45.5 Å². The molecule has 1 aromatic carbocycles. The Kier molecular flexibility index (Phi) is 5.80. The van der Waals surface area contributed by atoms with Crippen LogP contribution in [0.5, 0.6) is 5.75 Å². The molecule has 0 aliphatic carbocycles. The van der Waals surface area contributed by atoms with Crippen LogP contribution in [-0.2, 0) is 14.2 Å². The van der Waals surface area contributed by atoms with Gasteiger partial charge in [0, 0.05) is 0 Å². The van der Waals surface area contributed by atoms with Crippen molar-refractivity contribution in [2.75, 3.05) is 19.8 Å². The zero-order chi connectivity index (χ0) is 16.0. The molecule has 1 aliphatic heterocycles. The standard InChI is InChI=1S/C17H24O5/c1-4-5-10-19-16(18)13-6-8-14(9-7-13)20-11-15-12-21-17(2,3)22-15/h6-9,15H,4-5,10-12H2,1-3H3. The number of rotatable bonds is 7. The molecule has 0 N–H and O–H groups in total. The monoisotopic (exact) mass is 308 g/mol. The van der Waals surface area contributed by atoms with E-state index in [0.29, 0.717) is 31.1 Å². The fourth-order valence-electron chi connectivity index (χ4n) is 2.11. The van der Waals surface area contributed by atoms with E-state index in [1.807, 2.05) is 13.8 Å². The molecule has 2 rings (SSSR count). The van der Waals surface area contributed by atoms with Gasteiger partial charge in [0.1, 0.15) is 18.5 Å². The van der Waals surface area contributed by atoms with Crippen molar-refractivity contribution in [1.82, 2.24) is 0 Å². The van der Waals surface area contributed by atoms with Crippen LogP contribution < -0.4 is 4.74 Å². The fraction of sp³-hybridized carbons (Fsp3) is 0.588. The van der Waals surface area contributed by atoms with Crippen molar-refractivity contribution >= 4 is 5.97 Å². The van der Waals surface area contributed by atoms with E-state index in [2.05, 4.69) is 6.92 Å². The third-order valence-electron chi connectivity index (χ3n) is 3.32. The Balaban J connectivity index is 1.78. The van der Waals surface area contributed by atoms with Crippen LogP contribution in [0.3, 0.4) is 0 Å². The van der Waals surface area contributed by atoms with Crippen LogP contribution in [0.1, 0.15) is 44.0 Å². The fourth-order valence-corrected chi connectivity index (χ4v) is 2.11. The maximum atomic E-state index is 11.8. The third kappa shape index (κ3) is 5.00. The lowest BCUT2D eigenvalue weighted by Crippen LogP contribution is -2.25. The number of ether oxygens (including phenoxy) is 4. The molecule has 122 valence electrons. The minimum absolute atomic E-state index is 0.0753. The SMILES string of the molecule is CCCCOC(=O)c1ccc(OCC2COC(C)(C)O2)cc1. The summed E-state index contributed by atoms with van der Waals surface area (Å²) in [6.45, 7) is 7.22. The van der Waals surface area contributed by atoms with E-state index in [-0.39, 0.29) is 12.1 Å². The summed E-state index contributed by atoms with van der Waals surface area (Å²) in [7, 11) is 0. The molecule has 0 bridgehead atoms. The van der Waals surface area contributed by atoms with Crippen LogP contribution in [-0.4, -0.2) is 37.7 Å². The molecule has 1 unspecified atom stereocenters. The molecule has 5 nitrogen and oxygen atoms in total. The minimum atomic E-state index is -0.542. The van der Waals surface area contributed by atoms with Crippen molar-refractivity contribution in [3.63, 3.8) is 0 Å². The quantitative estimate of drug-likeness (QED) is 0.572.